The zero-order valence-electron chi connectivity index (χ0n) is 8.91. The lowest BCUT2D eigenvalue weighted by atomic mass is 10.3. The maximum atomic E-state index is 11.2. The van der Waals surface area contributed by atoms with E-state index in [1.165, 1.54) is 0 Å². The highest BCUT2D eigenvalue weighted by molar-refractivity contribution is 6.30. The van der Waals surface area contributed by atoms with Crippen LogP contribution in [0.15, 0.2) is 24.3 Å². The number of nitrogens with two attached hydrogens (primary N) is 1. The molecule has 0 saturated heterocycles. The summed E-state index contributed by atoms with van der Waals surface area (Å²) in [4.78, 5) is 11.2. The zero-order valence-corrected chi connectivity index (χ0v) is 9.67. The SMILES string of the molecule is NCCNC(=O)CCOc1cccc(Cl)c1. The molecular weight excluding hydrogens is 228 g/mol. The summed E-state index contributed by atoms with van der Waals surface area (Å²) in [7, 11) is 0. The van der Waals surface area contributed by atoms with E-state index in [4.69, 9.17) is 22.1 Å². The number of carbonyl (C=O) groups excluding carboxylic acids is 1. The van der Waals surface area contributed by atoms with Gasteiger partial charge in [-0.3, -0.25) is 4.79 Å². The molecule has 3 N–H and O–H groups in total. The number of hydrogen-bond acceptors (Lipinski definition) is 3. The topological polar surface area (TPSA) is 64.3 Å². The fourth-order valence-corrected chi connectivity index (χ4v) is 1.30. The van der Waals surface area contributed by atoms with Crippen LogP contribution in [0, 0.1) is 0 Å². The molecule has 0 aliphatic heterocycles. The van der Waals surface area contributed by atoms with Gasteiger partial charge < -0.3 is 15.8 Å². The molecule has 0 spiro atoms. The second-order valence-electron chi connectivity index (χ2n) is 3.19. The van der Waals surface area contributed by atoms with Crippen molar-refractivity contribution in [1.29, 1.82) is 0 Å². The van der Waals surface area contributed by atoms with Gasteiger partial charge in [-0.25, -0.2) is 0 Å². The van der Waals surface area contributed by atoms with E-state index >= 15 is 0 Å². The Morgan fingerprint density at radius 1 is 1.50 bits per heavy atom. The lowest BCUT2D eigenvalue weighted by molar-refractivity contribution is -0.121. The van der Waals surface area contributed by atoms with Gasteiger partial charge in [0.2, 0.25) is 5.91 Å². The molecule has 0 fully saturated rings. The Bertz CT molecular complexity index is 345. The number of carbonyl (C=O) groups is 1. The molecule has 0 atom stereocenters. The summed E-state index contributed by atoms with van der Waals surface area (Å²) in [6.07, 6.45) is 0.312. The Kier molecular flexibility index (Phi) is 5.67. The molecule has 88 valence electrons. The molecule has 0 heterocycles. The van der Waals surface area contributed by atoms with Gasteiger partial charge >= 0.3 is 0 Å². The number of rotatable bonds is 6. The van der Waals surface area contributed by atoms with Crippen molar-refractivity contribution in [2.75, 3.05) is 19.7 Å². The molecular formula is C11H15ClN2O2. The van der Waals surface area contributed by atoms with Crippen LogP contribution in [0.5, 0.6) is 5.75 Å². The predicted octanol–water partition coefficient (Wildman–Crippen LogP) is 1.18. The van der Waals surface area contributed by atoms with Crippen LogP contribution in [0.3, 0.4) is 0 Å². The van der Waals surface area contributed by atoms with Crippen molar-refractivity contribution in [3.8, 4) is 5.75 Å². The van der Waals surface area contributed by atoms with E-state index in [1.807, 2.05) is 0 Å². The predicted molar refractivity (Wildman–Crippen MR) is 63.6 cm³/mol. The summed E-state index contributed by atoms with van der Waals surface area (Å²) in [6, 6.07) is 7.07. The van der Waals surface area contributed by atoms with Gasteiger partial charge in [-0.05, 0) is 18.2 Å². The van der Waals surface area contributed by atoms with Crippen LogP contribution in [-0.2, 0) is 4.79 Å². The van der Waals surface area contributed by atoms with Gasteiger partial charge in [0.25, 0.3) is 0 Å². The summed E-state index contributed by atoms with van der Waals surface area (Å²) in [5.74, 6) is 0.603. The maximum absolute atomic E-state index is 11.2. The van der Waals surface area contributed by atoms with E-state index in [1.54, 1.807) is 24.3 Å². The minimum Gasteiger partial charge on any atom is -0.493 e. The molecule has 0 unspecified atom stereocenters. The Labute approximate surface area is 99.7 Å². The Morgan fingerprint density at radius 3 is 3.00 bits per heavy atom. The van der Waals surface area contributed by atoms with Gasteiger partial charge in [0, 0.05) is 18.1 Å². The maximum Gasteiger partial charge on any atom is 0.223 e. The van der Waals surface area contributed by atoms with Crippen LogP contribution < -0.4 is 15.8 Å². The van der Waals surface area contributed by atoms with Crippen LogP contribution in [0.4, 0.5) is 0 Å². The lowest BCUT2D eigenvalue weighted by Gasteiger charge is -2.06. The number of hydrogen-bond donors (Lipinski definition) is 2. The summed E-state index contributed by atoms with van der Waals surface area (Å²) in [6.45, 7) is 1.27. The first-order valence-electron chi connectivity index (χ1n) is 5.07. The minimum absolute atomic E-state index is 0.0625. The molecule has 0 aliphatic carbocycles. The van der Waals surface area contributed by atoms with Gasteiger partial charge in [-0.2, -0.15) is 0 Å². The van der Waals surface area contributed by atoms with Gasteiger partial charge in [-0.15, -0.1) is 0 Å². The zero-order chi connectivity index (χ0) is 11.8. The molecule has 0 aliphatic rings. The van der Waals surface area contributed by atoms with E-state index in [0.29, 0.717) is 36.9 Å². The number of halogens is 1. The fraction of sp³-hybridized carbons (Fsp3) is 0.364. The van der Waals surface area contributed by atoms with Crippen molar-refractivity contribution >= 4 is 17.5 Å². The first-order chi connectivity index (χ1) is 7.72. The average molecular weight is 243 g/mol. The van der Waals surface area contributed by atoms with E-state index in [2.05, 4.69) is 5.32 Å². The Hall–Kier alpha value is -1.26. The lowest BCUT2D eigenvalue weighted by Crippen LogP contribution is -2.29. The first-order valence-corrected chi connectivity index (χ1v) is 5.45. The third-order valence-electron chi connectivity index (χ3n) is 1.86. The first kappa shape index (κ1) is 12.8. The Morgan fingerprint density at radius 2 is 2.31 bits per heavy atom. The summed E-state index contributed by atoms with van der Waals surface area (Å²) in [5.41, 5.74) is 5.25. The van der Waals surface area contributed by atoms with E-state index in [9.17, 15) is 4.79 Å². The monoisotopic (exact) mass is 242 g/mol. The van der Waals surface area contributed by atoms with Crippen molar-refractivity contribution in [3.63, 3.8) is 0 Å². The number of ether oxygens (including phenoxy) is 1. The number of nitrogens with one attached hydrogen (secondary N) is 1. The largest absolute Gasteiger partial charge is 0.493 e. The van der Waals surface area contributed by atoms with Crippen LogP contribution in [-0.4, -0.2) is 25.6 Å². The van der Waals surface area contributed by atoms with Crippen LogP contribution >= 0.6 is 11.6 Å². The fourth-order valence-electron chi connectivity index (χ4n) is 1.12. The van der Waals surface area contributed by atoms with Gasteiger partial charge in [-0.1, -0.05) is 17.7 Å². The van der Waals surface area contributed by atoms with Crippen molar-refractivity contribution in [2.24, 2.45) is 5.73 Å². The van der Waals surface area contributed by atoms with Crippen molar-refractivity contribution in [3.05, 3.63) is 29.3 Å². The van der Waals surface area contributed by atoms with E-state index in [-0.39, 0.29) is 5.91 Å². The van der Waals surface area contributed by atoms with E-state index in [0.717, 1.165) is 0 Å². The highest BCUT2D eigenvalue weighted by Crippen LogP contribution is 2.16. The molecule has 1 amide bonds. The molecule has 1 rings (SSSR count). The molecule has 1 aromatic rings. The molecule has 1 aromatic carbocycles. The van der Waals surface area contributed by atoms with Gasteiger partial charge in [0.1, 0.15) is 5.75 Å². The van der Waals surface area contributed by atoms with Crippen LogP contribution in [0.25, 0.3) is 0 Å². The van der Waals surface area contributed by atoms with Gasteiger partial charge in [0.15, 0.2) is 0 Å². The molecule has 0 bridgehead atoms. The second kappa shape index (κ2) is 7.09. The molecule has 16 heavy (non-hydrogen) atoms. The van der Waals surface area contributed by atoms with Crippen molar-refractivity contribution in [2.45, 2.75) is 6.42 Å². The van der Waals surface area contributed by atoms with E-state index < -0.39 is 0 Å². The molecule has 4 nitrogen and oxygen atoms in total. The second-order valence-corrected chi connectivity index (χ2v) is 3.63. The summed E-state index contributed by atoms with van der Waals surface area (Å²) >= 11 is 5.78. The number of amides is 1. The molecule has 0 saturated carbocycles. The smallest absolute Gasteiger partial charge is 0.223 e. The third kappa shape index (κ3) is 5.00. The van der Waals surface area contributed by atoms with Crippen molar-refractivity contribution in [1.82, 2.24) is 5.32 Å². The van der Waals surface area contributed by atoms with Gasteiger partial charge in [0.05, 0.1) is 13.0 Å². The average Bonchev–Trinajstić information content (AvgIpc) is 2.26. The normalized spacial score (nSPS) is 9.88. The van der Waals surface area contributed by atoms with Crippen molar-refractivity contribution < 1.29 is 9.53 Å². The molecule has 0 aromatic heterocycles. The third-order valence-corrected chi connectivity index (χ3v) is 2.10. The molecule has 0 radical (unpaired) electrons. The summed E-state index contributed by atoms with van der Waals surface area (Å²) in [5, 5.41) is 3.28. The quantitative estimate of drug-likeness (QED) is 0.788. The Balaban J connectivity index is 2.22. The standard InChI is InChI=1S/C11H15ClN2O2/c12-9-2-1-3-10(8-9)16-7-4-11(15)14-6-5-13/h1-3,8H,4-7,13H2,(H,14,15). The van der Waals surface area contributed by atoms with Crippen LogP contribution in [0.2, 0.25) is 5.02 Å². The summed E-state index contributed by atoms with van der Waals surface area (Å²) < 4.78 is 5.36. The molecule has 5 heteroatoms. The minimum atomic E-state index is -0.0625. The highest BCUT2D eigenvalue weighted by Gasteiger charge is 2.00. The number of benzene rings is 1. The van der Waals surface area contributed by atoms with Crippen LogP contribution in [0.1, 0.15) is 6.42 Å². The highest BCUT2D eigenvalue weighted by atomic mass is 35.5.